The Balaban J connectivity index is 2.81. The molecule has 0 fully saturated rings. The standard InChI is InChI=1S/C15H23N3O4/c1-10(19)21-14(11-7-6-8-17-13(11)16-5)18-9-12(20)22-15(2,3)4/h6-8,14,18H,9H2,1-5H3,(H,16,17). The smallest absolute Gasteiger partial charge is 0.320 e. The molecule has 7 heteroatoms. The van der Waals surface area contributed by atoms with E-state index in [9.17, 15) is 9.59 Å². The number of hydrogen-bond acceptors (Lipinski definition) is 7. The minimum Gasteiger partial charge on any atom is -0.459 e. The minimum absolute atomic E-state index is 0.0900. The van der Waals surface area contributed by atoms with E-state index < -0.39 is 23.8 Å². The van der Waals surface area contributed by atoms with Crippen LogP contribution in [0.25, 0.3) is 0 Å². The van der Waals surface area contributed by atoms with Gasteiger partial charge in [0, 0.05) is 25.7 Å². The van der Waals surface area contributed by atoms with Crippen molar-refractivity contribution in [1.82, 2.24) is 10.3 Å². The Bertz CT molecular complexity index is 526. The summed E-state index contributed by atoms with van der Waals surface area (Å²) in [7, 11) is 1.71. The van der Waals surface area contributed by atoms with E-state index in [0.717, 1.165) is 0 Å². The molecule has 1 heterocycles. The van der Waals surface area contributed by atoms with Gasteiger partial charge in [-0.25, -0.2) is 4.98 Å². The van der Waals surface area contributed by atoms with Gasteiger partial charge in [-0.1, -0.05) is 0 Å². The van der Waals surface area contributed by atoms with Gasteiger partial charge in [0.15, 0.2) is 6.23 Å². The Hall–Kier alpha value is -2.15. The summed E-state index contributed by atoms with van der Waals surface area (Å²) in [5.41, 5.74) is 0.0592. The third kappa shape index (κ3) is 6.09. The van der Waals surface area contributed by atoms with Gasteiger partial charge in [0.25, 0.3) is 0 Å². The summed E-state index contributed by atoms with van der Waals surface area (Å²) in [6, 6.07) is 3.48. The highest BCUT2D eigenvalue weighted by molar-refractivity contribution is 5.72. The van der Waals surface area contributed by atoms with Crippen LogP contribution >= 0.6 is 0 Å². The molecule has 0 bridgehead atoms. The first-order valence-electron chi connectivity index (χ1n) is 6.98. The van der Waals surface area contributed by atoms with Gasteiger partial charge in [-0.2, -0.15) is 0 Å². The molecule has 0 aliphatic carbocycles. The third-order valence-corrected chi connectivity index (χ3v) is 2.49. The fourth-order valence-electron chi connectivity index (χ4n) is 1.77. The topological polar surface area (TPSA) is 89.6 Å². The minimum atomic E-state index is -0.791. The second kappa shape index (κ2) is 7.74. The SMILES string of the molecule is CNc1ncccc1C(NCC(=O)OC(C)(C)C)OC(C)=O. The van der Waals surface area contributed by atoms with Crippen LogP contribution in [0.4, 0.5) is 5.82 Å². The van der Waals surface area contributed by atoms with Crippen molar-refractivity contribution < 1.29 is 19.1 Å². The maximum absolute atomic E-state index is 11.8. The summed E-state index contributed by atoms with van der Waals surface area (Å²) in [5.74, 6) is -0.336. The van der Waals surface area contributed by atoms with E-state index in [4.69, 9.17) is 9.47 Å². The van der Waals surface area contributed by atoms with Gasteiger partial charge in [-0.15, -0.1) is 0 Å². The largest absolute Gasteiger partial charge is 0.459 e. The fraction of sp³-hybridized carbons (Fsp3) is 0.533. The predicted molar refractivity (Wildman–Crippen MR) is 82.1 cm³/mol. The number of esters is 2. The molecule has 1 rings (SSSR count). The molecule has 1 aromatic rings. The normalized spacial score (nSPS) is 12.4. The highest BCUT2D eigenvalue weighted by atomic mass is 16.6. The van der Waals surface area contributed by atoms with Crippen LogP contribution in [0.3, 0.4) is 0 Å². The highest BCUT2D eigenvalue weighted by Crippen LogP contribution is 2.21. The lowest BCUT2D eigenvalue weighted by atomic mass is 10.2. The molecule has 0 amide bonds. The third-order valence-electron chi connectivity index (χ3n) is 2.49. The van der Waals surface area contributed by atoms with Crippen LogP contribution in [-0.2, 0) is 19.1 Å². The molecule has 22 heavy (non-hydrogen) atoms. The van der Waals surface area contributed by atoms with E-state index in [0.29, 0.717) is 11.4 Å². The summed E-state index contributed by atoms with van der Waals surface area (Å²) >= 11 is 0. The van der Waals surface area contributed by atoms with Crippen molar-refractivity contribution in [3.05, 3.63) is 23.9 Å². The molecule has 0 saturated heterocycles. The molecule has 0 aliphatic heterocycles. The van der Waals surface area contributed by atoms with E-state index in [-0.39, 0.29) is 6.54 Å². The highest BCUT2D eigenvalue weighted by Gasteiger charge is 2.21. The van der Waals surface area contributed by atoms with Crippen molar-refractivity contribution in [2.24, 2.45) is 0 Å². The molecule has 122 valence electrons. The van der Waals surface area contributed by atoms with Crippen LogP contribution in [-0.4, -0.2) is 36.1 Å². The molecule has 1 unspecified atom stereocenters. The van der Waals surface area contributed by atoms with E-state index >= 15 is 0 Å². The Labute approximate surface area is 130 Å². The zero-order valence-corrected chi connectivity index (χ0v) is 13.6. The Kier molecular flexibility index (Phi) is 6.30. The molecule has 0 radical (unpaired) electrons. The van der Waals surface area contributed by atoms with E-state index in [1.807, 2.05) is 0 Å². The second-order valence-corrected chi connectivity index (χ2v) is 5.65. The molecule has 1 aromatic heterocycles. The maximum Gasteiger partial charge on any atom is 0.320 e. The van der Waals surface area contributed by atoms with Crippen molar-refractivity contribution in [3.63, 3.8) is 0 Å². The van der Waals surface area contributed by atoms with Crippen LogP contribution in [0, 0.1) is 0 Å². The predicted octanol–water partition coefficient (Wildman–Crippen LogP) is 1.62. The van der Waals surface area contributed by atoms with Gasteiger partial charge in [0.2, 0.25) is 0 Å². The van der Waals surface area contributed by atoms with Crippen molar-refractivity contribution in [3.8, 4) is 0 Å². The number of nitrogens with zero attached hydrogens (tertiary/aromatic N) is 1. The number of rotatable bonds is 6. The van der Waals surface area contributed by atoms with E-state index in [2.05, 4.69) is 15.6 Å². The first kappa shape index (κ1) is 17.9. The van der Waals surface area contributed by atoms with Gasteiger partial charge in [0.05, 0.1) is 6.54 Å². The lowest BCUT2D eigenvalue weighted by Crippen LogP contribution is -2.35. The molecular formula is C15H23N3O4. The first-order valence-corrected chi connectivity index (χ1v) is 6.98. The zero-order valence-electron chi connectivity index (χ0n) is 13.6. The van der Waals surface area contributed by atoms with Crippen LogP contribution in [0.15, 0.2) is 18.3 Å². The Morgan fingerprint density at radius 1 is 1.36 bits per heavy atom. The first-order chi connectivity index (χ1) is 10.2. The van der Waals surface area contributed by atoms with Gasteiger partial charge in [0.1, 0.15) is 11.4 Å². The van der Waals surface area contributed by atoms with Crippen molar-refractivity contribution >= 4 is 17.8 Å². The number of aromatic nitrogens is 1. The summed E-state index contributed by atoms with van der Waals surface area (Å²) in [6.45, 7) is 6.57. The van der Waals surface area contributed by atoms with Gasteiger partial charge >= 0.3 is 11.9 Å². The Morgan fingerprint density at radius 2 is 2.05 bits per heavy atom. The summed E-state index contributed by atoms with van der Waals surface area (Å²) < 4.78 is 10.4. The molecule has 2 N–H and O–H groups in total. The molecule has 0 aromatic carbocycles. The molecule has 0 saturated carbocycles. The summed E-state index contributed by atoms with van der Waals surface area (Å²) in [5, 5.41) is 5.78. The molecule has 0 aliphatic rings. The monoisotopic (exact) mass is 309 g/mol. The van der Waals surface area contributed by atoms with E-state index in [1.54, 1.807) is 46.1 Å². The molecule has 1 atom stereocenters. The fourth-order valence-corrected chi connectivity index (χ4v) is 1.77. The van der Waals surface area contributed by atoms with Crippen molar-refractivity contribution in [2.45, 2.75) is 39.5 Å². The van der Waals surface area contributed by atoms with E-state index in [1.165, 1.54) is 6.92 Å². The van der Waals surface area contributed by atoms with Crippen LogP contribution < -0.4 is 10.6 Å². The lowest BCUT2D eigenvalue weighted by molar-refractivity contribution is -0.157. The van der Waals surface area contributed by atoms with Gasteiger partial charge in [-0.05, 0) is 32.9 Å². The number of nitrogens with one attached hydrogen (secondary N) is 2. The van der Waals surface area contributed by atoms with Crippen molar-refractivity contribution in [2.75, 3.05) is 18.9 Å². The number of pyridine rings is 1. The van der Waals surface area contributed by atoms with Gasteiger partial charge in [-0.3, -0.25) is 14.9 Å². The zero-order chi connectivity index (χ0) is 16.8. The molecular weight excluding hydrogens is 286 g/mol. The van der Waals surface area contributed by atoms with Crippen molar-refractivity contribution in [1.29, 1.82) is 0 Å². The number of ether oxygens (including phenoxy) is 2. The molecule has 0 spiro atoms. The van der Waals surface area contributed by atoms with Crippen LogP contribution in [0.1, 0.15) is 39.5 Å². The van der Waals surface area contributed by atoms with Crippen LogP contribution in [0.2, 0.25) is 0 Å². The quantitative estimate of drug-likeness (QED) is 0.609. The number of hydrogen-bond donors (Lipinski definition) is 2. The Morgan fingerprint density at radius 3 is 2.59 bits per heavy atom. The molecule has 7 nitrogen and oxygen atoms in total. The number of anilines is 1. The number of carbonyl (C=O) groups is 2. The van der Waals surface area contributed by atoms with Gasteiger partial charge < -0.3 is 14.8 Å². The number of carbonyl (C=O) groups excluding carboxylic acids is 2. The lowest BCUT2D eigenvalue weighted by Gasteiger charge is -2.23. The maximum atomic E-state index is 11.8. The summed E-state index contributed by atoms with van der Waals surface area (Å²) in [4.78, 5) is 27.2. The summed E-state index contributed by atoms with van der Waals surface area (Å²) in [6.07, 6.45) is 0.828. The van der Waals surface area contributed by atoms with Crippen LogP contribution in [0.5, 0.6) is 0 Å². The second-order valence-electron chi connectivity index (χ2n) is 5.65. The average Bonchev–Trinajstić information content (AvgIpc) is 2.41. The average molecular weight is 309 g/mol.